The quantitative estimate of drug-likeness (QED) is 0.396. The molecule has 31 heavy (non-hydrogen) atoms. The van der Waals surface area contributed by atoms with E-state index in [1.54, 1.807) is 24.5 Å². The SMILES string of the molecule is CCc1c(C)sc2c1c1nc(-c3ccncc3)nn1c(=O)n2CC(=O)c1ccccc1. The maximum Gasteiger partial charge on any atom is 0.352 e. The summed E-state index contributed by atoms with van der Waals surface area (Å²) in [5.74, 6) is 0.334. The van der Waals surface area contributed by atoms with Gasteiger partial charge in [-0.15, -0.1) is 16.4 Å². The molecule has 0 amide bonds. The van der Waals surface area contributed by atoms with Crippen molar-refractivity contribution < 1.29 is 4.79 Å². The molecule has 0 fully saturated rings. The molecule has 0 spiro atoms. The van der Waals surface area contributed by atoms with Crippen LogP contribution in [0.4, 0.5) is 0 Å². The van der Waals surface area contributed by atoms with Crippen molar-refractivity contribution in [1.82, 2.24) is 24.1 Å². The number of ketones is 1. The van der Waals surface area contributed by atoms with Gasteiger partial charge in [0.25, 0.3) is 0 Å². The van der Waals surface area contributed by atoms with Crippen molar-refractivity contribution in [2.75, 3.05) is 0 Å². The number of aryl methyl sites for hydroxylation is 2. The van der Waals surface area contributed by atoms with Gasteiger partial charge in [-0.25, -0.2) is 9.78 Å². The van der Waals surface area contributed by atoms with Crippen LogP contribution >= 0.6 is 11.3 Å². The fraction of sp³-hybridized carbons (Fsp3) is 0.174. The minimum atomic E-state index is -0.372. The van der Waals surface area contributed by atoms with Crippen molar-refractivity contribution in [1.29, 1.82) is 0 Å². The summed E-state index contributed by atoms with van der Waals surface area (Å²) in [5.41, 5.74) is 2.63. The van der Waals surface area contributed by atoms with Gasteiger partial charge in [0, 0.05) is 28.4 Å². The number of Topliss-reactive ketones (excluding diaryl/α,β-unsaturated/α-hetero) is 1. The highest BCUT2D eigenvalue weighted by Gasteiger charge is 2.22. The second kappa shape index (κ2) is 7.55. The smallest absolute Gasteiger partial charge is 0.292 e. The molecule has 0 aliphatic heterocycles. The van der Waals surface area contributed by atoms with Crippen LogP contribution < -0.4 is 5.69 Å². The van der Waals surface area contributed by atoms with Crippen LogP contribution in [0, 0.1) is 6.92 Å². The molecule has 0 bridgehead atoms. The van der Waals surface area contributed by atoms with E-state index >= 15 is 0 Å². The van der Waals surface area contributed by atoms with Gasteiger partial charge in [0.05, 0.1) is 11.9 Å². The second-order valence-corrected chi connectivity index (χ2v) is 8.44. The number of carbonyl (C=O) groups excluding carboxylic acids is 1. The summed E-state index contributed by atoms with van der Waals surface area (Å²) in [6.45, 7) is 4.06. The van der Waals surface area contributed by atoms with E-state index in [0.29, 0.717) is 17.0 Å². The number of fused-ring (bicyclic) bond motifs is 3. The minimum absolute atomic E-state index is 0.0527. The first-order valence-corrected chi connectivity index (χ1v) is 10.8. The fourth-order valence-corrected chi connectivity index (χ4v) is 5.07. The Morgan fingerprint density at radius 2 is 1.84 bits per heavy atom. The summed E-state index contributed by atoms with van der Waals surface area (Å²) < 4.78 is 2.85. The third-order valence-corrected chi connectivity index (χ3v) is 6.54. The van der Waals surface area contributed by atoms with Gasteiger partial charge < -0.3 is 0 Å². The lowest BCUT2D eigenvalue weighted by molar-refractivity contribution is 0.0972. The van der Waals surface area contributed by atoms with Gasteiger partial charge in [0.15, 0.2) is 17.3 Å². The first kappa shape index (κ1) is 19.3. The van der Waals surface area contributed by atoms with Crippen molar-refractivity contribution in [3.05, 3.63) is 81.3 Å². The van der Waals surface area contributed by atoms with Crippen LogP contribution in [0.1, 0.15) is 27.7 Å². The number of hydrogen-bond donors (Lipinski definition) is 0. The number of carbonyl (C=O) groups is 1. The Morgan fingerprint density at radius 3 is 2.55 bits per heavy atom. The predicted molar refractivity (Wildman–Crippen MR) is 121 cm³/mol. The maximum atomic E-state index is 13.4. The lowest BCUT2D eigenvalue weighted by atomic mass is 10.1. The third-order valence-electron chi connectivity index (χ3n) is 5.37. The van der Waals surface area contributed by atoms with Crippen molar-refractivity contribution >= 4 is 33.0 Å². The average molecular weight is 430 g/mol. The van der Waals surface area contributed by atoms with Gasteiger partial charge in [0.1, 0.15) is 4.83 Å². The van der Waals surface area contributed by atoms with Crippen molar-refractivity contribution in [2.45, 2.75) is 26.8 Å². The molecule has 0 atom stereocenters. The van der Waals surface area contributed by atoms with E-state index in [2.05, 4.69) is 17.0 Å². The third kappa shape index (κ3) is 3.16. The van der Waals surface area contributed by atoms with E-state index in [4.69, 9.17) is 4.98 Å². The summed E-state index contributed by atoms with van der Waals surface area (Å²) in [7, 11) is 0. The standard InChI is InChI=1S/C23H19N5O2S/c1-3-17-14(2)31-22-19(17)21-25-20(16-9-11-24-12-10-16)26-28(21)23(30)27(22)13-18(29)15-7-5-4-6-8-15/h4-12H,3,13H2,1-2H3. The number of benzene rings is 1. The highest BCUT2D eigenvalue weighted by molar-refractivity contribution is 7.19. The number of hydrogen-bond acceptors (Lipinski definition) is 6. The molecule has 0 saturated heterocycles. The van der Waals surface area contributed by atoms with Crippen LogP contribution in [0.5, 0.6) is 0 Å². The van der Waals surface area contributed by atoms with Gasteiger partial charge in [-0.1, -0.05) is 37.3 Å². The molecular formula is C23H19N5O2S. The van der Waals surface area contributed by atoms with Crippen molar-refractivity contribution in [3.63, 3.8) is 0 Å². The molecule has 4 aromatic heterocycles. The Balaban J connectivity index is 1.78. The minimum Gasteiger partial charge on any atom is -0.292 e. The average Bonchev–Trinajstić information content (AvgIpc) is 3.39. The van der Waals surface area contributed by atoms with E-state index in [0.717, 1.165) is 32.6 Å². The summed E-state index contributed by atoms with van der Waals surface area (Å²) in [5, 5.41) is 5.38. The van der Waals surface area contributed by atoms with E-state index in [9.17, 15) is 9.59 Å². The number of thiophene rings is 1. The monoisotopic (exact) mass is 429 g/mol. The molecule has 7 nitrogen and oxygen atoms in total. The molecule has 5 rings (SSSR count). The Kier molecular flexibility index (Phi) is 4.71. The zero-order valence-corrected chi connectivity index (χ0v) is 17.9. The first-order valence-electron chi connectivity index (χ1n) is 9.98. The Bertz CT molecular complexity index is 1480. The predicted octanol–water partition coefficient (Wildman–Crippen LogP) is 3.92. The number of nitrogens with zero attached hydrogens (tertiary/aromatic N) is 5. The topological polar surface area (TPSA) is 82.2 Å². The largest absolute Gasteiger partial charge is 0.352 e. The summed E-state index contributed by atoms with van der Waals surface area (Å²) >= 11 is 1.52. The van der Waals surface area contributed by atoms with Crippen LogP contribution in [0.3, 0.4) is 0 Å². The lowest BCUT2D eigenvalue weighted by Crippen LogP contribution is -2.30. The van der Waals surface area contributed by atoms with Crippen molar-refractivity contribution in [3.8, 4) is 11.4 Å². The summed E-state index contributed by atoms with van der Waals surface area (Å²) in [6, 6.07) is 12.6. The zero-order valence-electron chi connectivity index (χ0n) is 17.1. The lowest BCUT2D eigenvalue weighted by Gasteiger charge is -2.08. The maximum absolute atomic E-state index is 13.4. The molecule has 0 unspecified atom stereocenters. The Hall–Kier alpha value is -3.65. The van der Waals surface area contributed by atoms with Crippen LogP contribution in [0.2, 0.25) is 0 Å². The second-order valence-electron chi connectivity index (χ2n) is 7.24. The highest BCUT2D eigenvalue weighted by atomic mass is 32.1. The molecule has 0 aliphatic carbocycles. The van der Waals surface area contributed by atoms with Crippen LogP contribution in [0.15, 0.2) is 59.7 Å². The molecule has 5 aromatic rings. The van der Waals surface area contributed by atoms with Gasteiger partial charge in [-0.05, 0) is 31.0 Å². The summed E-state index contributed by atoms with van der Waals surface area (Å²) in [6.07, 6.45) is 4.13. The van der Waals surface area contributed by atoms with Gasteiger partial charge >= 0.3 is 5.69 Å². The number of rotatable bonds is 5. The Morgan fingerprint density at radius 1 is 1.10 bits per heavy atom. The number of aromatic nitrogens is 5. The van der Waals surface area contributed by atoms with E-state index in [-0.39, 0.29) is 18.0 Å². The molecular weight excluding hydrogens is 410 g/mol. The summed E-state index contributed by atoms with van der Waals surface area (Å²) in [4.78, 5) is 37.0. The van der Waals surface area contributed by atoms with E-state index < -0.39 is 0 Å². The van der Waals surface area contributed by atoms with E-state index in [1.807, 2.05) is 37.3 Å². The molecule has 8 heteroatoms. The van der Waals surface area contributed by atoms with Gasteiger partial charge in [0.2, 0.25) is 0 Å². The normalized spacial score (nSPS) is 11.4. The molecule has 0 radical (unpaired) electrons. The molecule has 1 aromatic carbocycles. The van der Waals surface area contributed by atoms with Crippen LogP contribution in [0.25, 0.3) is 27.3 Å². The molecule has 4 heterocycles. The van der Waals surface area contributed by atoms with Gasteiger partial charge in [-0.2, -0.15) is 4.52 Å². The van der Waals surface area contributed by atoms with Gasteiger partial charge in [-0.3, -0.25) is 14.3 Å². The molecule has 0 N–H and O–H groups in total. The highest BCUT2D eigenvalue weighted by Crippen LogP contribution is 2.33. The Labute approximate surface area is 181 Å². The molecule has 0 saturated carbocycles. The van der Waals surface area contributed by atoms with Crippen LogP contribution in [-0.4, -0.2) is 29.9 Å². The van der Waals surface area contributed by atoms with Crippen molar-refractivity contribution in [2.24, 2.45) is 0 Å². The molecule has 0 aliphatic rings. The van der Waals surface area contributed by atoms with E-state index in [1.165, 1.54) is 20.4 Å². The van der Waals surface area contributed by atoms with Crippen LogP contribution in [-0.2, 0) is 13.0 Å². The zero-order chi connectivity index (χ0) is 21.5. The number of pyridine rings is 1. The first-order chi connectivity index (χ1) is 15.1. The molecule has 154 valence electrons. The fourth-order valence-electron chi connectivity index (χ4n) is 3.84.